The van der Waals surface area contributed by atoms with Crippen LogP contribution in [-0.4, -0.2) is 13.2 Å². The van der Waals surface area contributed by atoms with E-state index in [9.17, 15) is 0 Å². The summed E-state index contributed by atoms with van der Waals surface area (Å²) in [6, 6.07) is 14.5. The fraction of sp³-hybridized carbons (Fsp3) is 0.294. The molecule has 0 bridgehead atoms. The van der Waals surface area contributed by atoms with E-state index in [1.54, 1.807) is 0 Å². The third-order valence-corrected chi connectivity index (χ3v) is 3.75. The number of rotatable bonds is 3. The molecule has 1 aliphatic rings. The predicted molar refractivity (Wildman–Crippen MR) is 83.2 cm³/mol. The van der Waals surface area contributed by atoms with E-state index < -0.39 is 0 Å². The predicted octanol–water partition coefficient (Wildman–Crippen LogP) is 3.23. The molecule has 0 spiro atoms. The second-order valence-corrected chi connectivity index (χ2v) is 5.10. The Bertz CT molecular complexity index is 610. The molecule has 1 heterocycles. The molecule has 1 aliphatic heterocycles. The van der Waals surface area contributed by atoms with E-state index in [0.717, 1.165) is 30.9 Å². The molecule has 0 fully saturated rings. The van der Waals surface area contributed by atoms with Gasteiger partial charge in [-0.3, -0.25) is 0 Å². The highest BCUT2D eigenvalue weighted by Gasteiger charge is 2.19. The van der Waals surface area contributed by atoms with E-state index in [-0.39, 0.29) is 0 Å². The number of hydrogen-bond donors (Lipinski definition) is 1. The van der Waals surface area contributed by atoms with E-state index in [2.05, 4.69) is 29.2 Å². The summed E-state index contributed by atoms with van der Waals surface area (Å²) >= 11 is 0. The molecule has 0 aliphatic carbocycles. The molecule has 0 atom stereocenters. The van der Waals surface area contributed by atoms with Crippen LogP contribution in [0, 0.1) is 0 Å². The molecule has 20 heavy (non-hydrogen) atoms. The third-order valence-electron chi connectivity index (χ3n) is 3.75. The van der Waals surface area contributed by atoms with Crippen molar-refractivity contribution in [2.75, 3.05) is 23.8 Å². The van der Waals surface area contributed by atoms with E-state index in [1.165, 1.54) is 16.8 Å². The second-order valence-electron chi connectivity index (χ2n) is 5.10. The van der Waals surface area contributed by atoms with Crippen LogP contribution in [0.1, 0.15) is 18.1 Å². The first-order valence-corrected chi connectivity index (χ1v) is 7.12. The molecule has 2 aromatic rings. The van der Waals surface area contributed by atoms with Crippen LogP contribution in [0.25, 0.3) is 0 Å². The number of benzene rings is 2. The Morgan fingerprint density at radius 3 is 2.85 bits per heavy atom. The van der Waals surface area contributed by atoms with Crippen LogP contribution in [0.4, 0.5) is 11.4 Å². The molecule has 0 saturated heterocycles. The van der Waals surface area contributed by atoms with Crippen molar-refractivity contribution in [3.8, 4) is 5.75 Å². The zero-order valence-electron chi connectivity index (χ0n) is 11.8. The number of nitrogen functional groups attached to an aromatic ring is 1. The molecule has 3 rings (SSSR count). The van der Waals surface area contributed by atoms with Crippen LogP contribution >= 0.6 is 0 Å². The molecule has 2 N–H and O–H groups in total. The molecule has 0 radical (unpaired) electrons. The van der Waals surface area contributed by atoms with Gasteiger partial charge in [-0.15, -0.1) is 0 Å². The number of nitrogens with zero attached hydrogens (tertiary/aromatic N) is 1. The van der Waals surface area contributed by atoms with E-state index in [4.69, 9.17) is 10.5 Å². The Balaban J connectivity index is 1.90. The number of para-hydroxylation sites is 2. The number of anilines is 2. The highest BCUT2D eigenvalue weighted by Crippen LogP contribution is 2.32. The summed E-state index contributed by atoms with van der Waals surface area (Å²) in [4.78, 5) is 2.37. The normalized spacial score (nSPS) is 13.9. The van der Waals surface area contributed by atoms with Crippen molar-refractivity contribution >= 4 is 11.4 Å². The van der Waals surface area contributed by atoms with Crippen molar-refractivity contribution in [3.05, 3.63) is 53.6 Å². The molecule has 0 unspecified atom stereocenters. The maximum Gasteiger partial charge on any atom is 0.142 e. The Labute approximate surface area is 120 Å². The van der Waals surface area contributed by atoms with Crippen molar-refractivity contribution in [1.82, 2.24) is 0 Å². The molecule has 3 heteroatoms. The first-order chi connectivity index (χ1) is 9.78. The van der Waals surface area contributed by atoms with Gasteiger partial charge in [0.1, 0.15) is 5.75 Å². The minimum absolute atomic E-state index is 0.689. The summed E-state index contributed by atoms with van der Waals surface area (Å²) in [5.74, 6) is 0.961. The summed E-state index contributed by atoms with van der Waals surface area (Å²) in [6.45, 7) is 4.61. The van der Waals surface area contributed by atoms with Gasteiger partial charge in [0.05, 0.1) is 12.3 Å². The van der Waals surface area contributed by atoms with Crippen LogP contribution in [0.3, 0.4) is 0 Å². The van der Waals surface area contributed by atoms with Crippen LogP contribution in [-0.2, 0) is 13.0 Å². The van der Waals surface area contributed by atoms with Gasteiger partial charge >= 0.3 is 0 Å². The average Bonchev–Trinajstić information content (AvgIpc) is 2.47. The lowest BCUT2D eigenvalue weighted by Crippen LogP contribution is -2.30. The molecule has 0 amide bonds. The van der Waals surface area contributed by atoms with E-state index in [1.807, 2.05) is 25.1 Å². The maximum absolute atomic E-state index is 5.90. The van der Waals surface area contributed by atoms with Gasteiger partial charge in [0.25, 0.3) is 0 Å². The lowest BCUT2D eigenvalue weighted by Gasteiger charge is -2.32. The second kappa shape index (κ2) is 5.45. The number of ether oxygens (including phenoxy) is 1. The topological polar surface area (TPSA) is 38.5 Å². The van der Waals surface area contributed by atoms with Crippen LogP contribution in [0.5, 0.6) is 5.75 Å². The highest BCUT2D eigenvalue weighted by atomic mass is 16.5. The standard InChI is InChI=1S/C17H20N2O/c1-2-20-17-6-4-3-5-16(17)19-10-9-13-7-8-15(18)11-14(13)12-19/h3-8,11H,2,9-10,12,18H2,1H3. The van der Waals surface area contributed by atoms with Crippen molar-refractivity contribution in [2.24, 2.45) is 0 Å². The lowest BCUT2D eigenvalue weighted by molar-refractivity contribution is 0.340. The summed E-state index contributed by atoms with van der Waals surface area (Å²) in [5.41, 5.74) is 10.6. The molecule has 0 aromatic heterocycles. The van der Waals surface area contributed by atoms with E-state index in [0.29, 0.717) is 6.61 Å². The van der Waals surface area contributed by atoms with E-state index >= 15 is 0 Å². The van der Waals surface area contributed by atoms with Gasteiger partial charge in [0, 0.05) is 18.8 Å². The Morgan fingerprint density at radius 1 is 1.15 bits per heavy atom. The number of hydrogen-bond acceptors (Lipinski definition) is 3. The van der Waals surface area contributed by atoms with Crippen molar-refractivity contribution in [1.29, 1.82) is 0 Å². The molecule has 3 nitrogen and oxygen atoms in total. The SMILES string of the molecule is CCOc1ccccc1N1CCc2ccc(N)cc2C1. The van der Waals surface area contributed by atoms with Crippen LogP contribution in [0.2, 0.25) is 0 Å². The van der Waals surface area contributed by atoms with Gasteiger partial charge in [-0.25, -0.2) is 0 Å². The largest absolute Gasteiger partial charge is 0.492 e. The molecule has 2 aromatic carbocycles. The summed E-state index contributed by atoms with van der Waals surface area (Å²) in [7, 11) is 0. The monoisotopic (exact) mass is 268 g/mol. The summed E-state index contributed by atoms with van der Waals surface area (Å²) in [5, 5.41) is 0. The van der Waals surface area contributed by atoms with Crippen molar-refractivity contribution < 1.29 is 4.74 Å². The van der Waals surface area contributed by atoms with Crippen LogP contribution < -0.4 is 15.4 Å². The average molecular weight is 268 g/mol. The molecule has 104 valence electrons. The fourth-order valence-corrected chi connectivity index (χ4v) is 2.78. The van der Waals surface area contributed by atoms with Gasteiger partial charge in [-0.2, -0.15) is 0 Å². The van der Waals surface area contributed by atoms with Crippen molar-refractivity contribution in [3.63, 3.8) is 0 Å². The van der Waals surface area contributed by atoms with Crippen LogP contribution in [0.15, 0.2) is 42.5 Å². The number of nitrogens with two attached hydrogens (primary N) is 1. The first kappa shape index (κ1) is 12.9. The Hall–Kier alpha value is -2.16. The van der Waals surface area contributed by atoms with Crippen molar-refractivity contribution in [2.45, 2.75) is 19.9 Å². The first-order valence-electron chi connectivity index (χ1n) is 7.12. The minimum atomic E-state index is 0.689. The fourth-order valence-electron chi connectivity index (χ4n) is 2.78. The van der Waals surface area contributed by atoms with Gasteiger partial charge in [0.15, 0.2) is 0 Å². The maximum atomic E-state index is 5.90. The molecule has 0 saturated carbocycles. The molecular formula is C17H20N2O. The zero-order chi connectivity index (χ0) is 13.9. The van der Waals surface area contributed by atoms with Gasteiger partial charge < -0.3 is 15.4 Å². The van der Waals surface area contributed by atoms with Gasteiger partial charge in [-0.1, -0.05) is 18.2 Å². The summed E-state index contributed by atoms with van der Waals surface area (Å²) in [6.07, 6.45) is 1.05. The third kappa shape index (κ3) is 2.44. The van der Waals surface area contributed by atoms with Gasteiger partial charge in [-0.05, 0) is 48.7 Å². The zero-order valence-corrected chi connectivity index (χ0v) is 11.8. The van der Waals surface area contributed by atoms with Gasteiger partial charge in [0.2, 0.25) is 0 Å². The molecular weight excluding hydrogens is 248 g/mol. The lowest BCUT2D eigenvalue weighted by atomic mass is 9.98. The highest BCUT2D eigenvalue weighted by molar-refractivity contribution is 5.60. The Kier molecular flexibility index (Phi) is 3.50. The summed E-state index contributed by atoms with van der Waals surface area (Å²) < 4.78 is 5.74. The minimum Gasteiger partial charge on any atom is -0.492 e. The Morgan fingerprint density at radius 2 is 2.00 bits per heavy atom. The smallest absolute Gasteiger partial charge is 0.142 e. The quantitative estimate of drug-likeness (QED) is 0.869. The number of fused-ring (bicyclic) bond motifs is 1.